The van der Waals surface area contributed by atoms with Gasteiger partial charge in [-0.3, -0.25) is 0 Å². The number of nitrogens with zero attached hydrogens (tertiary/aromatic N) is 7. The Morgan fingerprint density at radius 1 is 1.13 bits per heavy atom. The third-order valence-corrected chi connectivity index (χ3v) is 3.60. The summed E-state index contributed by atoms with van der Waals surface area (Å²) in [6.45, 7) is 2.47. The van der Waals surface area contributed by atoms with Crippen LogP contribution >= 0.6 is 0 Å². The quantitative estimate of drug-likeness (QED) is 0.618. The Kier molecular flexibility index (Phi) is 3.19. The number of aromatic nitrogens is 8. The Bertz CT molecular complexity index is 918. The molecule has 1 N–H and O–H groups in total. The molecule has 3 aromatic heterocycles. The van der Waals surface area contributed by atoms with Gasteiger partial charge in [-0.05, 0) is 29.5 Å². The minimum absolute atomic E-state index is 0.503. The van der Waals surface area contributed by atoms with E-state index in [9.17, 15) is 0 Å². The van der Waals surface area contributed by atoms with Crippen molar-refractivity contribution in [1.29, 1.82) is 0 Å². The van der Waals surface area contributed by atoms with E-state index in [0.717, 1.165) is 28.7 Å². The summed E-state index contributed by atoms with van der Waals surface area (Å²) in [4.78, 5) is 11.8. The van der Waals surface area contributed by atoms with Crippen LogP contribution in [0.5, 0.6) is 0 Å². The van der Waals surface area contributed by atoms with E-state index in [1.807, 2.05) is 48.0 Å². The molecule has 0 amide bonds. The zero-order chi connectivity index (χ0) is 15.6. The average Bonchev–Trinajstić information content (AvgIpc) is 3.30. The third-order valence-electron chi connectivity index (χ3n) is 3.60. The number of hydrogen-bond donors (Lipinski definition) is 1. The van der Waals surface area contributed by atoms with Gasteiger partial charge in [0.25, 0.3) is 0 Å². The fourth-order valence-electron chi connectivity index (χ4n) is 2.46. The molecular weight excluding hydrogens is 292 g/mol. The first kappa shape index (κ1) is 13.4. The molecule has 3 heterocycles. The Hall–Kier alpha value is -3.29. The van der Waals surface area contributed by atoms with Crippen LogP contribution in [0.25, 0.3) is 17.2 Å². The average molecular weight is 306 g/mol. The highest BCUT2D eigenvalue weighted by atomic mass is 15.5. The maximum atomic E-state index is 4.41. The zero-order valence-corrected chi connectivity index (χ0v) is 12.5. The number of rotatable bonds is 4. The number of tetrazole rings is 1. The Morgan fingerprint density at radius 2 is 2.00 bits per heavy atom. The Morgan fingerprint density at radius 3 is 2.78 bits per heavy atom. The van der Waals surface area contributed by atoms with Crippen LogP contribution in [0.4, 0.5) is 0 Å². The molecule has 23 heavy (non-hydrogen) atoms. The fraction of sp³-hybridized carbons (Fsp3) is 0.133. The molecule has 8 heteroatoms. The lowest BCUT2D eigenvalue weighted by molar-refractivity contribution is 0.703. The number of imidazole rings is 2. The van der Waals surface area contributed by atoms with Crippen molar-refractivity contribution in [1.82, 2.24) is 39.7 Å². The summed E-state index contributed by atoms with van der Waals surface area (Å²) in [6, 6.07) is 9.80. The van der Waals surface area contributed by atoms with Gasteiger partial charge in [-0.1, -0.05) is 18.2 Å². The number of hydrogen-bond acceptors (Lipinski definition) is 5. The summed E-state index contributed by atoms with van der Waals surface area (Å²) in [5.74, 6) is 1.51. The lowest BCUT2D eigenvalue weighted by Crippen LogP contribution is -2.09. The third kappa shape index (κ3) is 2.39. The van der Waals surface area contributed by atoms with Crippen molar-refractivity contribution in [3.8, 4) is 17.2 Å². The molecule has 4 aromatic rings. The van der Waals surface area contributed by atoms with E-state index in [1.165, 1.54) is 0 Å². The van der Waals surface area contributed by atoms with Gasteiger partial charge in [-0.2, -0.15) is 4.68 Å². The molecule has 0 aliphatic rings. The number of aromatic amines is 1. The second kappa shape index (κ2) is 5.48. The van der Waals surface area contributed by atoms with Gasteiger partial charge in [-0.15, -0.1) is 5.10 Å². The van der Waals surface area contributed by atoms with Gasteiger partial charge < -0.3 is 9.55 Å². The number of benzene rings is 1. The summed E-state index contributed by atoms with van der Waals surface area (Å²) in [5.41, 5.74) is 2.72. The lowest BCUT2D eigenvalue weighted by Gasteiger charge is -2.07. The van der Waals surface area contributed by atoms with Crippen LogP contribution in [-0.4, -0.2) is 39.7 Å². The molecule has 0 saturated carbocycles. The van der Waals surface area contributed by atoms with E-state index in [2.05, 4.69) is 30.5 Å². The van der Waals surface area contributed by atoms with E-state index in [1.54, 1.807) is 17.2 Å². The molecule has 0 aliphatic heterocycles. The van der Waals surface area contributed by atoms with Crippen LogP contribution < -0.4 is 0 Å². The summed E-state index contributed by atoms with van der Waals surface area (Å²) in [6.07, 6.45) is 5.31. The van der Waals surface area contributed by atoms with E-state index in [4.69, 9.17) is 0 Å². The van der Waals surface area contributed by atoms with Gasteiger partial charge in [0, 0.05) is 18.1 Å². The van der Waals surface area contributed by atoms with Crippen LogP contribution in [0.1, 0.15) is 11.5 Å². The molecule has 0 spiro atoms. The van der Waals surface area contributed by atoms with Crippen LogP contribution in [0, 0.1) is 6.92 Å². The van der Waals surface area contributed by atoms with Crippen LogP contribution in [-0.2, 0) is 6.54 Å². The van der Waals surface area contributed by atoms with Gasteiger partial charge in [0.05, 0.1) is 18.6 Å². The largest absolute Gasteiger partial charge is 0.348 e. The van der Waals surface area contributed by atoms with E-state index in [0.29, 0.717) is 6.54 Å². The van der Waals surface area contributed by atoms with Crippen molar-refractivity contribution in [3.63, 3.8) is 0 Å². The highest BCUT2D eigenvalue weighted by Crippen LogP contribution is 2.19. The van der Waals surface area contributed by atoms with Gasteiger partial charge in [0.15, 0.2) is 11.6 Å². The fourth-order valence-corrected chi connectivity index (χ4v) is 2.46. The van der Waals surface area contributed by atoms with E-state index >= 15 is 0 Å². The van der Waals surface area contributed by atoms with Crippen molar-refractivity contribution in [2.24, 2.45) is 0 Å². The van der Waals surface area contributed by atoms with Crippen molar-refractivity contribution in [3.05, 3.63) is 60.6 Å². The highest BCUT2D eigenvalue weighted by Gasteiger charge is 2.14. The Balaban J connectivity index is 1.70. The first-order valence-corrected chi connectivity index (χ1v) is 7.17. The number of aryl methyl sites for hydroxylation is 1. The molecule has 0 atom stereocenters. The molecule has 0 saturated heterocycles. The molecule has 0 fully saturated rings. The molecule has 0 unspecified atom stereocenters. The molecule has 0 aliphatic carbocycles. The molecular formula is C15H14N8. The standard InChI is InChI=1S/C15H14N8/c1-11-14(18-10-17-11)15-16-7-8-22(15)9-13-19-20-21-23(13)12-5-3-2-4-6-12/h2-8,10H,9H2,1H3,(H,17,18). The molecule has 1 aromatic carbocycles. The summed E-state index contributed by atoms with van der Waals surface area (Å²) >= 11 is 0. The highest BCUT2D eigenvalue weighted by molar-refractivity contribution is 5.52. The van der Waals surface area contributed by atoms with Gasteiger partial charge in [-0.25, -0.2) is 9.97 Å². The minimum atomic E-state index is 0.503. The maximum Gasteiger partial charge on any atom is 0.176 e. The van der Waals surface area contributed by atoms with Gasteiger partial charge in [0.2, 0.25) is 0 Å². The SMILES string of the molecule is Cc1[nH]cnc1-c1nccn1Cc1nnnn1-c1ccccc1. The van der Waals surface area contributed by atoms with Crippen molar-refractivity contribution in [2.75, 3.05) is 0 Å². The maximum absolute atomic E-state index is 4.41. The van der Waals surface area contributed by atoms with E-state index in [-0.39, 0.29) is 0 Å². The molecule has 8 nitrogen and oxygen atoms in total. The number of para-hydroxylation sites is 1. The van der Waals surface area contributed by atoms with Crippen molar-refractivity contribution >= 4 is 0 Å². The van der Waals surface area contributed by atoms with Crippen LogP contribution in [0.2, 0.25) is 0 Å². The summed E-state index contributed by atoms with van der Waals surface area (Å²) < 4.78 is 3.70. The predicted octanol–water partition coefficient (Wildman–Crippen LogP) is 1.61. The number of H-pyrrole nitrogens is 1. The van der Waals surface area contributed by atoms with Crippen molar-refractivity contribution in [2.45, 2.75) is 13.5 Å². The summed E-state index contributed by atoms with van der Waals surface area (Å²) in [5, 5.41) is 12.0. The van der Waals surface area contributed by atoms with Crippen molar-refractivity contribution < 1.29 is 0 Å². The van der Waals surface area contributed by atoms with Gasteiger partial charge >= 0.3 is 0 Å². The second-order valence-electron chi connectivity index (χ2n) is 5.10. The predicted molar refractivity (Wildman–Crippen MR) is 82.8 cm³/mol. The summed E-state index contributed by atoms with van der Waals surface area (Å²) in [7, 11) is 0. The molecule has 0 bridgehead atoms. The first-order valence-electron chi connectivity index (χ1n) is 7.17. The second-order valence-corrected chi connectivity index (χ2v) is 5.10. The van der Waals surface area contributed by atoms with Crippen LogP contribution in [0.15, 0.2) is 49.1 Å². The Labute approximate surface area is 131 Å². The topological polar surface area (TPSA) is 90.1 Å². The van der Waals surface area contributed by atoms with E-state index < -0.39 is 0 Å². The van der Waals surface area contributed by atoms with Gasteiger partial charge in [0.1, 0.15) is 5.69 Å². The number of nitrogens with one attached hydrogen (secondary N) is 1. The smallest absolute Gasteiger partial charge is 0.176 e. The first-order chi connectivity index (χ1) is 11.3. The molecule has 0 radical (unpaired) electrons. The van der Waals surface area contributed by atoms with Crippen LogP contribution in [0.3, 0.4) is 0 Å². The molecule has 4 rings (SSSR count). The monoisotopic (exact) mass is 306 g/mol. The normalized spacial score (nSPS) is 11.0. The minimum Gasteiger partial charge on any atom is -0.348 e. The zero-order valence-electron chi connectivity index (χ0n) is 12.5. The molecule has 114 valence electrons. The lowest BCUT2D eigenvalue weighted by atomic mass is 10.3.